The van der Waals surface area contributed by atoms with Gasteiger partial charge in [-0.25, -0.2) is 14.4 Å². The quantitative estimate of drug-likeness (QED) is 0.605. The number of benzene rings is 1. The van der Waals surface area contributed by atoms with Crippen LogP contribution in [-0.4, -0.2) is 44.9 Å². The molecule has 0 aliphatic carbocycles. The van der Waals surface area contributed by atoms with Crippen molar-refractivity contribution in [1.82, 2.24) is 15.0 Å². The average Bonchev–Trinajstić information content (AvgIpc) is 2.74. The van der Waals surface area contributed by atoms with E-state index in [1.807, 2.05) is 13.0 Å². The Morgan fingerprint density at radius 2 is 1.94 bits per heavy atom. The first-order valence-corrected chi connectivity index (χ1v) is 11.1. The standard InChI is InChI=1S/C24H30FN5O2/c1-4-15-5-6-18(25)21(11-15)32-17-7-9-30(10-8-17)23-22(26)28-19-12-16(13-24(2,3)31)27-14-20(19)29-23/h5-6,11-12,14,17,31H,4,7-10,13H2,1-3H3,(H2,26,28). The molecule has 3 N–H and O–H groups in total. The molecule has 1 aromatic carbocycles. The van der Waals surface area contributed by atoms with Crippen molar-refractivity contribution in [3.63, 3.8) is 0 Å². The van der Waals surface area contributed by atoms with E-state index in [4.69, 9.17) is 15.5 Å². The van der Waals surface area contributed by atoms with E-state index in [1.54, 1.807) is 32.2 Å². The van der Waals surface area contributed by atoms with Gasteiger partial charge in [0, 0.05) is 38.0 Å². The highest BCUT2D eigenvalue weighted by molar-refractivity contribution is 5.79. The molecule has 2 aromatic heterocycles. The van der Waals surface area contributed by atoms with E-state index in [0.717, 1.165) is 30.5 Å². The van der Waals surface area contributed by atoms with Crippen molar-refractivity contribution in [3.8, 4) is 5.75 Å². The normalized spacial score (nSPS) is 15.3. The van der Waals surface area contributed by atoms with E-state index < -0.39 is 5.60 Å². The number of pyridine rings is 1. The van der Waals surface area contributed by atoms with Crippen molar-refractivity contribution in [2.45, 2.75) is 58.2 Å². The molecule has 0 atom stereocenters. The third-order valence-electron chi connectivity index (χ3n) is 5.67. The molecule has 4 rings (SSSR count). The van der Waals surface area contributed by atoms with Gasteiger partial charge in [0.25, 0.3) is 0 Å². The first-order valence-electron chi connectivity index (χ1n) is 11.1. The number of ether oxygens (including phenoxy) is 1. The Kier molecular flexibility index (Phi) is 6.15. The summed E-state index contributed by atoms with van der Waals surface area (Å²) in [5, 5.41) is 10.0. The lowest BCUT2D eigenvalue weighted by Gasteiger charge is -2.33. The molecule has 7 nitrogen and oxygen atoms in total. The van der Waals surface area contributed by atoms with Gasteiger partial charge < -0.3 is 20.5 Å². The molecule has 0 unspecified atom stereocenters. The average molecular weight is 440 g/mol. The smallest absolute Gasteiger partial charge is 0.172 e. The van der Waals surface area contributed by atoms with Crippen molar-refractivity contribution in [3.05, 3.63) is 47.5 Å². The van der Waals surface area contributed by atoms with Crippen LogP contribution in [-0.2, 0) is 12.8 Å². The summed E-state index contributed by atoms with van der Waals surface area (Å²) in [5.74, 6) is 0.984. The van der Waals surface area contributed by atoms with Crippen LogP contribution in [0.4, 0.5) is 16.0 Å². The van der Waals surface area contributed by atoms with Crippen LogP contribution >= 0.6 is 0 Å². The van der Waals surface area contributed by atoms with Crippen LogP contribution in [0.2, 0.25) is 0 Å². The minimum atomic E-state index is -0.854. The van der Waals surface area contributed by atoms with Gasteiger partial charge in [-0.1, -0.05) is 13.0 Å². The summed E-state index contributed by atoms with van der Waals surface area (Å²) in [4.78, 5) is 15.7. The number of anilines is 2. The fourth-order valence-electron chi connectivity index (χ4n) is 4.00. The number of aryl methyl sites for hydroxylation is 1. The summed E-state index contributed by atoms with van der Waals surface area (Å²) in [6, 6.07) is 6.86. The van der Waals surface area contributed by atoms with Gasteiger partial charge in [0.15, 0.2) is 23.2 Å². The minimum Gasteiger partial charge on any atom is -0.487 e. The highest BCUT2D eigenvalue weighted by Gasteiger charge is 2.25. The van der Waals surface area contributed by atoms with E-state index >= 15 is 0 Å². The summed E-state index contributed by atoms with van der Waals surface area (Å²) in [5.41, 5.74) is 8.49. The zero-order chi connectivity index (χ0) is 22.9. The third-order valence-corrected chi connectivity index (χ3v) is 5.67. The van der Waals surface area contributed by atoms with Gasteiger partial charge >= 0.3 is 0 Å². The zero-order valence-corrected chi connectivity index (χ0v) is 18.8. The van der Waals surface area contributed by atoms with E-state index in [2.05, 4.69) is 14.9 Å². The number of aromatic nitrogens is 3. The van der Waals surface area contributed by atoms with Gasteiger partial charge in [0.05, 0.1) is 17.3 Å². The molecule has 0 amide bonds. The van der Waals surface area contributed by atoms with Crippen LogP contribution in [0.3, 0.4) is 0 Å². The zero-order valence-electron chi connectivity index (χ0n) is 18.8. The lowest BCUT2D eigenvalue weighted by Crippen LogP contribution is -2.39. The number of hydrogen-bond donors (Lipinski definition) is 2. The molecule has 32 heavy (non-hydrogen) atoms. The summed E-state index contributed by atoms with van der Waals surface area (Å²) in [6.07, 6.45) is 4.33. The SMILES string of the molecule is CCc1ccc(F)c(OC2CCN(c3nc4cnc(CC(C)(C)O)cc4nc3N)CC2)c1. The number of piperidine rings is 1. The number of rotatable bonds is 6. The molecule has 0 radical (unpaired) electrons. The summed E-state index contributed by atoms with van der Waals surface area (Å²) < 4.78 is 20.1. The molecule has 1 fully saturated rings. The first kappa shape index (κ1) is 22.2. The number of nitrogens with zero attached hydrogens (tertiary/aromatic N) is 4. The molecule has 0 bridgehead atoms. The monoisotopic (exact) mass is 439 g/mol. The van der Waals surface area contributed by atoms with Gasteiger partial charge in [-0.2, -0.15) is 0 Å². The molecule has 1 saturated heterocycles. The lowest BCUT2D eigenvalue weighted by atomic mass is 10.0. The maximum atomic E-state index is 14.1. The molecular weight excluding hydrogens is 409 g/mol. The second-order valence-corrected chi connectivity index (χ2v) is 9.01. The van der Waals surface area contributed by atoms with Crippen LogP contribution in [0.15, 0.2) is 30.5 Å². The summed E-state index contributed by atoms with van der Waals surface area (Å²) >= 11 is 0. The first-order chi connectivity index (χ1) is 15.2. The molecule has 1 aliphatic heterocycles. The second kappa shape index (κ2) is 8.86. The lowest BCUT2D eigenvalue weighted by molar-refractivity contribution is 0.0800. The molecule has 3 heterocycles. The molecule has 0 spiro atoms. The summed E-state index contributed by atoms with van der Waals surface area (Å²) in [7, 11) is 0. The highest BCUT2D eigenvalue weighted by atomic mass is 19.1. The maximum absolute atomic E-state index is 14.1. The Morgan fingerprint density at radius 3 is 2.62 bits per heavy atom. The van der Waals surface area contributed by atoms with Crippen molar-refractivity contribution < 1.29 is 14.2 Å². The predicted octanol–water partition coefficient (Wildman–Crippen LogP) is 3.67. The second-order valence-electron chi connectivity index (χ2n) is 9.01. The number of nitrogen functional groups attached to an aromatic ring is 1. The summed E-state index contributed by atoms with van der Waals surface area (Å²) in [6.45, 7) is 6.89. The highest BCUT2D eigenvalue weighted by Crippen LogP contribution is 2.28. The van der Waals surface area contributed by atoms with Gasteiger partial charge in [-0.05, 0) is 44.0 Å². The predicted molar refractivity (Wildman–Crippen MR) is 123 cm³/mol. The van der Waals surface area contributed by atoms with Crippen LogP contribution in [0.5, 0.6) is 5.75 Å². The number of hydrogen-bond acceptors (Lipinski definition) is 7. The van der Waals surface area contributed by atoms with Gasteiger partial charge in [-0.3, -0.25) is 4.98 Å². The van der Waals surface area contributed by atoms with Crippen molar-refractivity contribution in [2.24, 2.45) is 0 Å². The fourth-order valence-corrected chi connectivity index (χ4v) is 4.00. The Hall–Kier alpha value is -3.00. The van der Waals surface area contributed by atoms with Gasteiger partial charge in [0.1, 0.15) is 11.6 Å². The van der Waals surface area contributed by atoms with Crippen LogP contribution < -0.4 is 15.4 Å². The molecule has 0 saturated carbocycles. The topological polar surface area (TPSA) is 97.4 Å². The van der Waals surface area contributed by atoms with Crippen molar-refractivity contribution in [1.29, 1.82) is 0 Å². The van der Waals surface area contributed by atoms with E-state index in [9.17, 15) is 9.50 Å². The Balaban J connectivity index is 1.45. The molecule has 170 valence electrons. The van der Waals surface area contributed by atoms with Crippen LogP contribution in [0.1, 0.15) is 44.9 Å². The molecular formula is C24H30FN5O2. The largest absolute Gasteiger partial charge is 0.487 e. The fraction of sp³-hybridized carbons (Fsp3) is 0.458. The molecule has 1 aliphatic rings. The number of nitrogens with two attached hydrogens (primary N) is 1. The van der Waals surface area contributed by atoms with Gasteiger partial charge in [0.2, 0.25) is 0 Å². The van der Waals surface area contributed by atoms with Crippen molar-refractivity contribution in [2.75, 3.05) is 23.7 Å². The third kappa shape index (κ3) is 5.07. The minimum absolute atomic E-state index is 0.0615. The molecule has 8 heteroatoms. The van der Waals surface area contributed by atoms with E-state index in [0.29, 0.717) is 47.9 Å². The van der Waals surface area contributed by atoms with E-state index in [-0.39, 0.29) is 11.9 Å². The number of fused-ring (bicyclic) bond motifs is 1. The Morgan fingerprint density at radius 1 is 1.19 bits per heavy atom. The van der Waals surface area contributed by atoms with Crippen LogP contribution in [0, 0.1) is 5.82 Å². The van der Waals surface area contributed by atoms with Gasteiger partial charge in [-0.15, -0.1) is 0 Å². The number of aliphatic hydroxyl groups is 1. The van der Waals surface area contributed by atoms with E-state index in [1.165, 1.54) is 6.07 Å². The number of halogens is 1. The Labute approximate surface area is 187 Å². The Bertz CT molecular complexity index is 1110. The van der Waals surface area contributed by atoms with Crippen molar-refractivity contribution >= 4 is 22.7 Å². The maximum Gasteiger partial charge on any atom is 0.172 e. The molecule has 3 aromatic rings. The van der Waals surface area contributed by atoms with Crippen LogP contribution in [0.25, 0.3) is 11.0 Å².